The lowest BCUT2D eigenvalue weighted by atomic mass is 9.73. The van der Waals surface area contributed by atoms with Gasteiger partial charge < -0.3 is 16.5 Å². The summed E-state index contributed by atoms with van der Waals surface area (Å²) in [6, 6.07) is 25.2. The van der Waals surface area contributed by atoms with Crippen LogP contribution in [0.1, 0.15) is 23.7 Å². The van der Waals surface area contributed by atoms with Crippen molar-refractivity contribution in [1.29, 1.82) is 0 Å². The van der Waals surface area contributed by atoms with Gasteiger partial charge in [0.05, 0.1) is 11.7 Å². The van der Waals surface area contributed by atoms with E-state index in [2.05, 4.69) is 65.4 Å². The fourth-order valence-corrected chi connectivity index (χ4v) is 4.16. The molecule has 5 N–H and O–H groups in total. The van der Waals surface area contributed by atoms with E-state index in [1.807, 2.05) is 30.5 Å². The Bertz CT molecular complexity index is 1250. The number of H-pyrrole nitrogens is 1. The molecule has 0 saturated heterocycles. The molecule has 142 valence electrons. The molecular weight excluding hydrogens is 356 g/mol. The molecule has 4 nitrogen and oxygen atoms in total. The standard InChI is InChI=1S/C25H22N4/c1-25(24-14-28-15-29-24,20-6-2-18-12-22(26)8-4-16(18)10-20)21-7-3-19-13-23(27)9-5-17(19)11-21/h2-15H,26-27H2,1H3,(H,28,29). The van der Waals surface area contributed by atoms with Gasteiger partial charge >= 0.3 is 0 Å². The maximum atomic E-state index is 5.96. The van der Waals surface area contributed by atoms with Crippen molar-refractivity contribution in [2.45, 2.75) is 12.3 Å². The van der Waals surface area contributed by atoms with Crippen LogP contribution in [0.5, 0.6) is 0 Å². The van der Waals surface area contributed by atoms with Crippen molar-refractivity contribution >= 4 is 32.9 Å². The Kier molecular flexibility index (Phi) is 3.81. The molecule has 5 aromatic rings. The second kappa shape index (κ2) is 6.38. The van der Waals surface area contributed by atoms with Gasteiger partial charge in [0.2, 0.25) is 0 Å². The highest BCUT2D eigenvalue weighted by atomic mass is 14.9. The Morgan fingerprint density at radius 2 is 1.17 bits per heavy atom. The van der Waals surface area contributed by atoms with Crippen molar-refractivity contribution in [3.05, 3.63) is 102 Å². The molecule has 0 amide bonds. The van der Waals surface area contributed by atoms with E-state index in [9.17, 15) is 0 Å². The van der Waals surface area contributed by atoms with E-state index in [1.165, 1.54) is 11.1 Å². The van der Waals surface area contributed by atoms with Crippen LogP contribution in [-0.2, 0) is 5.41 Å². The number of nitrogens with two attached hydrogens (primary N) is 2. The lowest BCUT2D eigenvalue weighted by molar-refractivity contribution is 0.672. The monoisotopic (exact) mass is 378 g/mol. The quantitative estimate of drug-likeness (QED) is 0.376. The van der Waals surface area contributed by atoms with Gasteiger partial charge in [-0.15, -0.1) is 0 Å². The molecule has 4 aromatic carbocycles. The minimum Gasteiger partial charge on any atom is -0.399 e. The van der Waals surface area contributed by atoms with E-state index in [0.717, 1.165) is 38.6 Å². The average molecular weight is 378 g/mol. The number of aromatic amines is 1. The van der Waals surface area contributed by atoms with Crippen LogP contribution < -0.4 is 11.5 Å². The SMILES string of the molecule is CC(c1ccc2cc(N)ccc2c1)(c1ccc2cc(N)ccc2c1)c1cnc[nH]1. The number of benzene rings is 4. The van der Waals surface area contributed by atoms with Crippen LogP contribution in [0.3, 0.4) is 0 Å². The predicted octanol–water partition coefficient (Wildman–Crippen LogP) is 5.23. The highest BCUT2D eigenvalue weighted by Gasteiger charge is 2.33. The van der Waals surface area contributed by atoms with Gasteiger partial charge in [-0.25, -0.2) is 4.98 Å². The van der Waals surface area contributed by atoms with Gasteiger partial charge in [-0.2, -0.15) is 0 Å². The molecule has 0 aliphatic rings. The minimum atomic E-state index is -0.387. The molecule has 0 bridgehead atoms. The van der Waals surface area contributed by atoms with Crippen LogP contribution in [0.4, 0.5) is 11.4 Å². The zero-order chi connectivity index (χ0) is 20.0. The molecule has 29 heavy (non-hydrogen) atoms. The van der Waals surface area contributed by atoms with Crippen molar-refractivity contribution in [2.75, 3.05) is 11.5 Å². The third kappa shape index (κ3) is 2.81. The summed E-state index contributed by atoms with van der Waals surface area (Å²) in [4.78, 5) is 7.64. The molecule has 0 unspecified atom stereocenters. The molecule has 0 aliphatic carbocycles. The number of hydrogen-bond acceptors (Lipinski definition) is 3. The van der Waals surface area contributed by atoms with Crippen LogP contribution in [0, 0.1) is 0 Å². The van der Waals surface area contributed by atoms with Gasteiger partial charge in [0.1, 0.15) is 0 Å². The van der Waals surface area contributed by atoms with Gasteiger partial charge in [-0.1, -0.05) is 36.4 Å². The zero-order valence-corrected chi connectivity index (χ0v) is 16.2. The minimum absolute atomic E-state index is 0.387. The molecule has 0 radical (unpaired) electrons. The zero-order valence-electron chi connectivity index (χ0n) is 16.2. The second-order valence-corrected chi connectivity index (χ2v) is 7.73. The molecule has 1 heterocycles. The summed E-state index contributed by atoms with van der Waals surface area (Å²) in [6.45, 7) is 2.23. The third-order valence-corrected chi connectivity index (χ3v) is 5.92. The first kappa shape index (κ1) is 17.3. The smallest absolute Gasteiger partial charge is 0.0922 e. The number of nitrogens with zero attached hydrogens (tertiary/aromatic N) is 1. The highest BCUT2D eigenvalue weighted by molar-refractivity contribution is 5.88. The highest BCUT2D eigenvalue weighted by Crippen LogP contribution is 2.40. The van der Waals surface area contributed by atoms with Crippen molar-refractivity contribution in [3.63, 3.8) is 0 Å². The largest absolute Gasteiger partial charge is 0.399 e. The number of anilines is 2. The lowest BCUT2D eigenvalue weighted by Gasteiger charge is -2.30. The fraction of sp³-hybridized carbons (Fsp3) is 0.0800. The van der Waals surface area contributed by atoms with E-state index >= 15 is 0 Å². The second-order valence-electron chi connectivity index (χ2n) is 7.73. The lowest BCUT2D eigenvalue weighted by Crippen LogP contribution is -2.25. The number of hydrogen-bond donors (Lipinski definition) is 3. The van der Waals surface area contributed by atoms with Gasteiger partial charge in [0.25, 0.3) is 0 Å². The van der Waals surface area contributed by atoms with Gasteiger partial charge in [0, 0.05) is 23.3 Å². The van der Waals surface area contributed by atoms with E-state index in [1.54, 1.807) is 6.33 Å². The molecule has 1 aromatic heterocycles. The predicted molar refractivity (Wildman–Crippen MR) is 121 cm³/mol. The molecule has 4 heteroatoms. The Balaban J connectivity index is 1.75. The molecule has 0 spiro atoms. The van der Waals surface area contributed by atoms with Crippen LogP contribution in [-0.4, -0.2) is 9.97 Å². The van der Waals surface area contributed by atoms with E-state index in [4.69, 9.17) is 11.5 Å². The Hall–Kier alpha value is -3.79. The summed E-state index contributed by atoms with van der Waals surface area (Å²) in [6.07, 6.45) is 3.64. The summed E-state index contributed by atoms with van der Waals surface area (Å²) >= 11 is 0. The molecule has 0 aliphatic heterocycles. The maximum absolute atomic E-state index is 5.96. The van der Waals surface area contributed by atoms with E-state index < -0.39 is 0 Å². The number of nitrogen functional groups attached to an aromatic ring is 2. The number of imidazole rings is 1. The molecular formula is C25H22N4. The molecule has 0 saturated carbocycles. The third-order valence-electron chi connectivity index (χ3n) is 5.92. The number of rotatable bonds is 3. The maximum Gasteiger partial charge on any atom is 0.0922 e. The van der Waals surface area contributed by atoms with E-state index in [-0.39, 0.29) is 5.41 Å². The van der Waals surface area contributed by atoms with Gasteiger partial charge in [-0.05, 0) is 76.0 Å². The number of aromatic nitrogens is 2. The topological polar surface area (TPSA) is 80.7 Å². The Morgan fingerprint density at radius 3 is 1.66 bits per heavy atom. The van der Waals surface area contributed by atoms with Crippen molar-refractivity contribution in [3.8, 4) is 0 Å². The first-order valence-corrected chi connectivity index (χ1v) is 9.62. The summed E-state index contributed by atoms with van der Waals surface area (Å²) in [5.41, 5.74) is 16.5. The van der Waals surface area contributed by atoms with Crippen LogP contribution in [0.15, 0.2) is 85.3 Å². The number of fused-ring (bicyclic) bond motifs is 2. The van der Waals surface area contributed by atoms with Crippen LogP contribution in [0.25, 0.3) is 21.5 Å². The van der Waals surface area contributed by atoms with Gasteiger partial charge in [-0.3, -0.25) is 0 Å². The van der Waals surface area contributed by atoms with Gasteiger partial charge in [0.15, 0.2) is 0 Å². The van der Waals surface area contributed by atoms with Crippen LogP contribution >= 0.6 is 0 Å². The van der Waals surface area contributed by atoms with E-state index in [0.29, 0.717) is 0 Å². The average Bonchev–Trinajstić information content (AvgIpc) is 3.28. The Morgan fingerprint density at radius 1 is 0.690 bits per heavy atom. The molecule has 0 fully saturated rings. The first-order valence-electron chi connectivity index (χ1n) is 9.62. The summed E-state index contributed by atoms with van der Waals surface area (Å²) in [5, 5.41) is 4.59. The summed E-state index contributed by atoms with van der Waals surface area (Å²) < 4.78 is 0. The van der Waals surface area contributed by atoms with Crippen molar-refractivity contribution < 1.29 is 0 Å². The first-order chi connectivity index (χ1) is 14.0. The fourth-order valence-electron chi connectivity index (χ4n) is 4.16. The molecule has 0 atom stereocenters. The summed E-state index contributed by atoms with van der Waals surface area (Å²) in [5.74, 6) is 0. The number of nitrogens with one attached hydrogen (secondary N) is 1. The van der Waals surface area contributed by atoms with Crippen molar-refractivity contribution in [2.24, 2.45) is 0 Å². The summed E-state index contributed by atoms with van der Waals surface area (Å²) in [7, 11) is 0. The normalized spacial score (nSPS) is 11.9. The Labute approximate surface area is 169 Å². The van der Waals surface area contributed by atoms with Crippen molar-refractivity contribution in [1.82, 2.24) is 9.97 Å². The van der Waals surface area contributed by atoms with Crippen LogP contribution in [0.2, 0.25) is 0 Å². The molecule has 5 rings (SSSR count).